The minimum Gasteiger partial charge on any atom is -0.317 e. The Kier molecular flexibility index (Phi) is 4.98. The lowest BCUT2D eigenvalue weighted by atomic mass is 9.87. The highest BCUT2D eigenvalue weighted by Crippen LogP contribution is 2.23. The standard InChI is InChI=1S/C20H21BrN2OS/c1-5-23-16-11-10-15(21)12-17(16)25-19(23)22-18(24)13-6-8-14(9-7-13)20(2,3)4/h6-12H,5H2,1-4H3. The van der Waals surface area contributed by atoms with Gasteiger partial charge in [-0.3, -0.25) is 4.79 Å². The van der Waals surface area contributed by atoms with Gasteiger partial charge in [0.2, 0.25) is 0 Å². The molecule has 2 aromatic carbocycles. The van der Waals surface area contributed by atoms with Crippen LogP contribution in [0.2, 0.25) is 0 Å². The molecule has 0 bridgehead atoms. The summed E-state index contributed by atoms with van der Waals surface area (Å²) in [5.41, 5.74) is 3.00. The summed E-state index contributed by atoms with van der Waals surface area (Å²) in [5.74, 6) is -0.201. The van der Waals surface area contributed by atoms with Crippen molar-refractivity contribution in [3.63, 3.8) is 0 Å². The molecule has 0 fully saturated rings. The summed E-state index contributed by atoms with van der Waals surface area (Å²) < 4.78 is 4.22. The highest BCUT2D eigenvalue weighted by Gasteiger charge is 2.14. The van der Waals surface area contributed by atoms with Gasteiger partial charge in [0.1, 0.15) is 0 Å². The summed E-state index contributed by atoms with van der Waals surface area (Å²) in [6.45, 7) is 9.32. The SMILES string of the molecule is CCn1c(=NC(=O)c2ccc(C(C)(C)C)cc2)sc2cc(Br)ccc21. The number of nitrogens with zero attached hydrogens (tertiary/aromatic N) is 2. The van der Waals surface area contributed by atoms with Crippen LogP contribution in [0.1, 0.15) is 43.6 Å². The molecule has 0 saturated carbocycles. The van der Waals surface area contributed by atoms with Crippen molar-refractivity contribution in [1.29, 1.82) is 0 Å². The van der Waals surface area contributed by atoms with Gasteiger partial charge < -0.3 is 4.57 Å². The van der Waals surface area contributed by atoms with Crippen LogP contribution in [0.25, 0.3) is 10.2 Å². The van der Waals surface area contributed by atoms with Crippen molar-refractivity contribution in [1.82, 2.24) is 4.57 Å². The Bertz CT molecular complexity index is 991. The molecule has 0 saturated heterocycles. The molecule has 0 N–H and O–H groups in total. The Labute approximate surface area is 160 Å². The monoisotopic (exact) mass is 416 g/mol. The third kappa shape index (κ3) is 3.77. The zero-order valence-electron chi connectivity index (χ0n) is 14.8. The molecule has 130 valence electrons. The number of aromatic nitrogens is 1. The largest absolute Gasteiger partial charge is 0.317 e. The maximum atomic E-state index is 12.6. The highest BCUT2D eigenvalue weighted by molar-refractivity contribution is 9.10. The summed E-state index contributed by atoms with van der Waals surface area (Å²) in [5, 5.41) is 0. The number of benzene rings is 2. The summed E-state index contributed by atoms with van der Waals surface area (Å²) in [4.78, 5) is 17.7. The minimum atomic E-state index is -0.201. The quantitative estimate of drug-likeness (QED) is 0.540. The normalized spacial score (nSPS) is 12.8. The molecule has 3 nitrogen and oxygen atoms in total. The molecule has 0 atom stereocenters. The van der Waals surface area contributed by atoms with Crippen LogP contribution in [-0.4, -0.2) is 10.5 Å². The molecule has 3 aromatic rings. The molecule has 5 heteroatoms. The summed E-state index contributed by atoms with van der Waals surface area (Å²) in [6, 6.07) is 13.9. The van der Waals surface area contributed by atoms with Crippen molar-refractivity contribution in [2.24, 2.45) is 4.99 Å². The Hall–Kier alpha value is -1.72. The van der Waals surface area contributed by atoms with Crippen LogP contribution in [0, 0.1) is 0 Å². The second-order valence-corrected chi connectivity index (χ2v) is 8.91. The number of carbonyl (C=O) groups excluding carboxylic acids is 1. The van der Waals surface area contributed by atoms with E-state index in [9.17, 15) is 4.79 Å². The molecule has 0 aliphatic heterocycles. The van der Waals surface area contributed by atoms with Crippen molar-refractivity contribution in [2.45, 2.75) is 39.7 Å². The van der Waals surface area contributed by atoms with E-state index in [0.29, 0.717) is 5.56 Å². The number of hydrogen-bond donors (Lipinski definition) is 0. The third-order valence-corrected chi connectivity index (χ3v) is 5.69. The van der Waals surface area contributed by atoms with Gasteiger partial charge in [-0.15, -0.1) is 0 Å². The van der Waals surface area contributed by atoms with Gasteiger partial charge in [0.15, 0.2) is 4.80 Å². The van der Waals surface area contributed by atoms with Crippen LogP contribution >= 0.6 is 27.3 Å². The van der Waals surface area contributed by atoms with Crippen LogP contribution < -0.4 is 4.80 Å². The smallest absolute Gasteiger partial charge is 0.279 e. The number of fused-ring (bicyclic) bond motifs is 1. The number of carbonyl (C=O) groups is 1. The van der Waals surface area contributed by atoms with Crippen molar-refractivity contribution < 1.29 is 4.79 Å². The highest BCUT2D eigenvalue weighted by atomic mass is 79.9. The van der Waals surface area contributed by atoms with Gasteiger partial charge in [0, 0.05) is 16.6 Å². The van der Waals surface area contributed by atoms with E-state index in [4.69, 9.17) is 0 Å². The Morgan fingerprint density at radius 2 is 1.84 bits per heavy atom. The second-order valence-electron chi connectivity index (χ2n) is 6.99. The van der Waals surface area contributed by atoms with E-state index < -0.39 is 0 Å². The van der Waals surface area contributed by atoms with Gasteiger partial charge in [-0.1, -0.05) is 60.2 Å². The summed E-state index contributed by atoms with van der Waals surface area (Å²) in [6.07, 6.45) is 0. The van der Waals surface area contributed by atoms with Crippen LogP contribution in [-0.2, 0) is 12.0 Å². The van der Waals surface area contributed by atoms with E-state index in [1.165, 1.54) is 16.9 Å². The molecule has 1 amide bonds. The fraction of sp³-hybridized carbons (Fsp3) is 0.300. The van der Waals surface area contributed by atoms with E-state index in [2.05, 4.69) is 65.3 Å². The fourth-order valence-corrected chi connectivity index (χ4v) is 4.35. The van der Waals surface area contributed by atoms with Crippen LogP contribution in [0.4, 0.5) is 0 Å². The summed E-state index contributed by atoms with van der Waals surface area (Å²) in [7, 11) is 0. The molecular weight excluding hydrogens is 396 g/mol. The first kappa shape index (κ1) is 18.1. The lowest BCUT2D eigenvalue weighted by Gasteiger charge is -2.18. The van der Waals surface area contributed by atoms with Crippen molar-refractivity contribution in [3.05, 3.63) is 62.9 Å². The zero-order chi connectivity index (χ0) is 18.2. The maximum absolute atomic E-state index is 12.6. The van der Waals surface area contributed by atoms with Crippen molar-refractivity contribution >= 4 is 43.4 Å². The topological polar surface area (TPSA) is 34.4 Å². The van der Waals surface area contributed by atoms with Gasteiger partial charge in [-0.2, -0.15) is 4.99 Å². The predicted octanol–water partition coefficient (Wildman–Crippen LogP) is 5.52. The lowest BCUT2D eigenvalue weighted by molar-refractivity contribution is 0.0998. The Morgan fingerprint density at radius 1 is 1.16 bits per heavy atom. The van der Waals surface area contributed by atoms with Gasteiger partial charge in [-0.25, -0.2) is 0 Å². The first-order valence-corrected chi connectivity index (χ1v) is 9.89. The first-order chi connectivity index (χ1) is 11.8. The molecule has 1 heterocycles. The molecule has 0 radical (unpaired) electrons. The van der Waals surface area contributed by atoms with Crippen molar-refractivity contribution in [3.8, 4) is 0 Å². The lowest BCUT2D eigenvalue weighted by Crippen LogP contribution is -2.16. The molecule has 25 heavy (non-hydrogen) atoms. The van der Waals surface area contributed by atoms with Crippen molar-refractivity contribution in [2.75, 3.05) is 0 Å². The number of hydrogen-bond acceptors (Lipinski definition) is 2. The van der Waals surface area contributed by atoms with Gasteiger partial charge in [0.25, 0.3) is 5.91 Å². The van der Waals surface area contributed by atoms with Crippen LogP contribution in [0.15, 0.2) is 51.9 Å². The molecule has 0 unspecified atom stereocenters. The molecule has 0 spiro atoms. The number of amides is 1. The summed E-state index contributed by atoms with van der Waals surface area (Å²) >= 11 is 5.04. The first-order valence-electron chi connectivity index (χ1n) is 8.28. The Balaban J connectivity index is 2.02. The number of aryl methyl sites for hydroxylation is 1. The van der Waals surface area contributed by atoms with E-state index in [0.717, 1.165) is 26.0 Å². The van der Waals surface area contributed by atoms with Crippen LogP contribution in [0.5, 0.6) is 0 Å². The number of rotatable bonds is 2. The number of thiazole rings is 1. The van der Waals surface area contributed by atoms with E-state index in [1.807, 2.05) is 30.3 Å². The number of halogens is 1. The van der Waals surface area contributed by atoms with E-state index in [1.54, 1.807) is 0 Å². The van der Waals surface area contributed by atoms with E-state index >= 15 is 0 Å². The molecular formula is C20H21BrN2OS. The second kappa shape index (κ2) is 6.89. The average Bonchev–Trinajstić information content (AvgIpc) is 2.90. The Morgan fingerprint density at radius 3 is 2.44 bits per heavy atom. The maximum Gasteiger partial charge on any atom is 0.279 e. The zero-order valence-corrected chi connectivity index (χ0v) is 17.2. The van der Waals surface area contributed by atoms with Crippen LogP contribution in [0.3, 0.4) is 0 Å². The average molecular weight is 417 g/mol. The van der Waals surface area contributed by atoms with Gasteiger partial charge in [0.05, 0.1) is 10.2 Å². The van der Waals surface area contributed by atoms with Gasteiger partial charge >= 0.3 is 0 Å². The fourth-order valence-electron chi connectivity index (χ4n) is 2.70. The predicted molar refractivity (Wildman–Crippen MR) is 108 cm³/mol. The minimum absolute atomic E-state index is 0.0722. The third-order valence-electron chi connectivity index (χ3n) is 4.16. The molecule has 1 aromatic heterocycles. The molecule has 0 aliphatic rings. The van der Waals surface area contributed by atoms with E-state index in [-0.39, 0.29) is 11.3 Å². The van der Waals surface area contributed by atoms with Gasteiger partial charge in [-0.05, 0) is 48.2 Å². The molecule has 3 rings (SSSR count). The molecule has 0 aliphatic carbocycles.